The summed E-state index contributed by atoms with van der Waals surface area (Å²) >= 11 is 0. The molecule has 0 atom stereocenters. The Morgan fingerprint density at radius 1 is 0.964 bits per heavy atom. The molecule has 0 saturated carbocycles. The lowest BCUT2D eigenvalue weighted by Crippen LogP contribution is -2.48. The summed E-state index contributed by atoms with van der Waals surface area (Å²) in [5.74, 6) is 1.02. The minimum atomic E-state index is 0.0771. The fourth-order valence-corrected chi connectivity index (χ4v) is 3.44. The highest BCUT2D eigenvalue weighted by molar-refractivity contribution is 5.94. The van der Waals surface area contributed by atoms with Crippen LogP contribution < -0.4 is 0 Å². The number of piperazine rings is 1. The molecule has 0 bridgehead atoms. The average Bonchev–Trinajstić information content (AvgIpc) is 3.24. The molecule has 1 aliphatic heterocycles. The molecule has 4 rings (SSSR count). The minimum Gasteiger partial charge on any atom is -0.416 e. The van der Waals surface area contributed by atoms with E-state index in [9.17, 15) is 4.79 Å². The number of likely N-dealkylation sites (N-methyl/N-ethyl adjacent to an activating group) is 1. The Kier molecular flexibility index (Phi) is 5.21. The van der Waals surface area contributed by atoms with E-state index in [0.29, 0.717) is 17.3 Å². The third-order valence-electron chi connectivity index (χ3n) is 5.18. The van der Waals surface area contributed by atoms with Crippen LogP contribution in [-0.4, -0.2) is 58.6 Å². The Bertz CT molecular complexity index is 957. The highest BCUT2D eigenvalue weighted by Gasteiger charge is 2.21. The van der Waals surface area contributed by atoms with Gasteiger partial charge in [0.05, 0.1) is 0 Å². The number of rotatable bonds is 4. The number of hydrogen-bond acceptors (Lipinski definition) is 5. The molecule has 1 fully saturated rings. The molecule has 2 aromatic carbocycles. The van der Waals surface area contributed by atoms with Gasteiger partial charge in [0, 0.05) is 42.9 Å². The predicted molar refractivity (Wildman–Crippen MR) is 108 cm³/mol. The molecule has 1 amide bonds. The molecule has 1 saturated heterocycles. The number of aryl methyl sites for hydroxylation is 1. The lowest BCUT2D eigenvalue weighted by molar-refractivity contribution is 0.0643. The first kappa shape index (κ1) is 18.4. The quantitative estimate of drug-likeness (QED) is 0.697. The number of carbonyl (C=O) groups is 1. The molecule has 0 N–H and O–H groups in total. The molecule has 1 aromatic heterocycles. The summed E-state index contributed by atoms with van der Waals surface area (Å²) in [6, 6.07) is 15.3. The number of amides is 1. The Morgan fingerprint density at radius 2 is 1.64 bits per heavy atom. The average molecular weight is 376 g/mol. The van der Waals surface area contributed by atoms with Crippen LogP contribution in [0.4, 0.5) is 0 Å². The van der Waals surface area contributed by atoms with Crippen LogP contribution in [0.15, 0.2) is 52.9 Å². The summed E-state index contributed by atoms with van der Waals surface area (Å²) in [6.07, 6.45) is 0. The maximum atomic E-state index is 12.7. The summed E-state index contributed by atoms with van der Waals surface area (Å²) in [4.78, 5) is 17.0. The zero-order valence-corrected chi connectivity index (χ0v) is 16.3. The van der Waals surface area contributed by atoms with Crippen molar-refractivity contribution in [2.75, 3.05) is 32.7 Å². The molecule has 3 aromatic rings. The Hall–Kier alpha value is -2.99. The largest absolute Gasteiger partial charge is 0.416 e. The van der Waals surface area contributed by atoms with E-state index >= 15 is 0 Å². The zero-order chi connectivity index (χ0) is 19.5. The van der Waals surface area contributed by atoms with E-state index in [0.717, 1.165) is 49.4 Å². The number of aromatic nitrogens is 2. The van der Waals surface area contributed by atoms with Crippen LogP contribution in [0, 0.1) is 6.92 Å². The van der Waals surface area contributed by atoms with E-state index in [1.54, 1.807) is 0 Å². The SMILES string of the molecule is CCN1CCN(C(=O)c2ccc(-c3nnc(-c4cccc(C)c4)o3)cc2)CC1. The Balaban J connectivity index is 1.47. The van der Waals surface area contributed by atoms with Gasteiger partial charge in [-0.2, -0.15) is 0 Å². The number of hydrogen-bond donors (Lipinski definition) is 0. The first-order valence-electron chi connectivity index (χ1n) is 9.66. The highest BCUT2D eigenvalue weighted by Crippen LogP contribution is 2.25. The van der Waals surface area contributed by atoms with Crippen LogP contribution >= 0.6 is 0 Å². The molecule has 0 radical (unpaired) electrons. The van der Waals surface area contributed by atoms with Crippen molar-refractivity contribution in [3.63, 3.8) is 0 Å². The molecule has 0 spiro atoms. The molecule has 6 nitrogen and oxygen atoms in total. The first-order valence-corrected chi connectivity index (χ1v) is 9.66. The lowest BCUT2D eigenvalue weighted by Gasteiger charge is -2.34. The van der Waals surface area contributed by atoms with Crippen molar-refractivity contribution in [1.29, 1.82) is 0 Å². The van der Waals surface area contributed by atoms with Crippen molar-refractivity contribution < 1.29 is 9.21 Å². The summed E-state index contributed by atoms with van der Waals surface area (Å²) in [7, 11) is 0. The van der Waals surface area contributed by atoms with Crippen LogP contribution in [-0.2, 0) is 0 Å². The molecular formula is C22H24N4O2. The van der Waals surface area contributed by atoms with Crippen molar-refractivity contribution >= 4 is 5.91 Å². The van der Waals surface area contributed by atoms with Gasteiger partial charge in [0.25, 0.3) is 5.91 Å². The van der Waals surface area contributed by atoms with Gasteiger partial charge in [0.15, 0.2) is 0 Å². The monoisotopic (exact) mass is 376 g/mol. The molecule has 1 aliphatic rings. The molecule has 6 heteroatoms. The lowest BCUT2D eigenvalue weighted by atomic mass is 10.1. The van der Waals surface area contributed by atoms with E-state index in [1.165, 1.54) is 0 Å². The summed E-state index contributed by atoms with van der Waals surface area (Å²) in [6.45, 7) is 8.63. The summed E-state index contributed by atoms with van der Waals surface area (Å²) in [5.41, 5.74) is 3.53. The van der Waals surface area contributed by atoms with E-state index in [1.807, 2.05) is 60.4 Å². The second-order valence-corrected chi connectivity index (χ2v) is 7.09. The van der Waals surface area contributed by atoms with E-state index < -0.39 is 0 Å². The summed E-state index contributed by atoms with van der Waals surface area (Å²) < 4.78 is 5.83. The van der Waals surface area contributed by atoms with Crippen molar-refractivity contribution in [2.45, 2.75) is 13.8 Å². The smallest absolute Gasteiger partial charge is 0.253 e. The second-order valence-electron chi connectivity index (χ2n) is 7.09. The predicted octanol–water partition coefficient (Wildman–Crippen LogP) is 3.49. The number of nitrogens with zero attached hydrogens (tertiary/aromatic N) is 4. The van der Waals surface area contributed by atoms with Crippen LogP contribution in [0.1, 0.15) is 22.8 Å². The Morgan fingerprint density at radius 3 is 2.29 bits per heavy atom. The van der Waals surface area contributed by atoms with Gasteiger partial charge < -0.3 is 14.2 Å². The molecule has 0 unspecified atom stereocenters. The van der Waals surface area contributed by atoms with Crippen molar-refractivity contribution in [1.82, 2.24) is 20.0 Å². The van der Waals surface area contributed by atoms with Crippen LogP contribution in [0.5, 0.6) is 0 Å². The van der Waals surface area contributed by atoms with Gasteiger partial charge in [-0.15, -0.1) is 10.2 Å². The van der Waals surface area contributed by atoms with Crippen molar-refractivity contribution in [3.8, 4) is 22.9 Å². The van der Waals surface area contributed by atoms with Gasteiger partial charge in [0.1, 0.15) is 0 Å². The van der Waals surface area contributed by atoms with Gasteiger partial charge in [0.2, 0.25) is 11.8 Å². The van der Waals surface area contributed by atoms with Gasteiger partial charge in [-0.05, 0) is 49.9 Å². The molecule has 0 aliphatic carbocycles. The number of benzene rings is 2. The third-order valence-corrected chi connectivity index (χ3v) is 5.18. The zero-order valence-electron chi connectivity index (χ0n) is 16.3. The number of carbonyl (C=O) groups excluding carboxylic acids is 1. The minimum absolute atomic E-state index is 0.0771. The van der Waals surface area contributed by atoms with Crippen molar-refractivity contribution in [3.05, 3.63) is 59.7 Å². The maximum absolute atomic E-state index is 12.7. The van der Waals surface area contributed by atoms with Gasteiger partial charge >= 0.3 is 0 Å². The van der Waals surface area contributed by atoms with Crippen LogP contribution in [0.2, 0.25) is 0 Å². The summed E-state index contributed by atoms with van der Waals surface area (Å²) in [5, 5.41) is 8.31. The van der Waals surface area contributed by atoms with E-state index in [2.05, 4.69) is 22.0 Å². The molecule has 2 heterocycles. The van der Waals surface area contributed by atoms with Gasteiger partial charge in [-0.3, -0.25) is 4.79 Å². The van der Waals surface area contributed by atoms with Crippen LogP contribution in [0.3, 0.4) is 0 Å². The Labute approximate surface area is 164 Å². The molecule has 28 heavy (non-hydrogen) atoms. The van der Waals surface area contributed by atoms with Gasteiger partial charge in [-0.1, -0.05) is 24.6 Å². The fraction of sp³-hybridized carbons (Fsp3) is 0.318. The molecule has 144 valence electrons. The standard InChI is InChI=1S/C22H24N4O2/c1-3-25-11-13-26(14-12-25)22(27)18-9-7-17(8-10-18)20-23-24-21(28-20)19-6-4-5-16(2)15-19/h4-10,15H,3,11-14H2,1-2H3. The molecular weight excluding hydrogens is 352 g/mol. The van der Waals surface area contributed by atoms with E-state index in [-0.39, 0.29) is 5.91 Å². The second kappa shape index (κ2) is 7.94. The van der Waals surface area contributed by atoms with E-state index in [4.69, 9.17) is 4.42 Å². The fourth-order valence-electron chi connectivity index (χ4n) is 3.44. The highest BCUT2D eigenvalue weighted by atomic mass is 16.4. The van der Waals surface area contributed by atoms with Crippen LogP contribution in [0.25, 0.3) is 22.9 Å². The van der Waals surface area contributed by atoms with Crippen molar-refractivity contribution in [2.24, 2.45) is 0 Å². The first-order chi connectivity index (χ1) is 13.6. The third kappa shape index (κ3) is 3.82. The van der Waals surface area contributed by atoms with Gasteiger partial charge in [-0.25, -0.2) is 0 Å². The normalized spacial score (nSPS) is 15.0. The topological polar surface area (TPSA) is 62.5 Å². The maximum Gasteiger partial charge on any atom is 0.253 e.